The first kappa shape index (κ1) is 16.2. The largest absolute Gasteiger partial charge is 0.361 e. The number of amides is 2. The van der Waals surface area contributed by atoms with Gasteiger partial charge in [0, 0.05) is 31.7 Å². The van der Waals surface area contributed by atoms with E-state index >= 15 is 0 Å². The van der Waals surface area contributed by atoms with E-state index in [2.05, 4.69) is 5.16 Å². The van der Waals surface area contributed by atoms with Crippen molar-refractivity contribution in [3.05, 3.63) is 52.4 Å². The van der Waals surface area contributed by atoms with Gasteiger partial charge in [0.15, 0.2) is 0 Å². The van der Waals surface area contributed by atoms with Gasteiger partial charge in [-0.15, -0.1) is 0 Å². The Morgan fingerprint density at radius 1 is 0.917 bits per heavy atom. The average molecular weight is 327 g/mol. The maximum atomic E-state index is 12.6. The molecule has 0 unspecified atom stereocenters. The normalized spacial score (nSPS) is 14.8. The van der Waals surface area contributed by atoms with Crippen LogP contribution in [0.2, 0.25) is 0 Å². The summed E-state index contributed by atoms with van der Waals surface area (Å²) in [6.07, 6.45) is 0. The molecule has 0 N–H and O–H groups in total. The molecule has 1 aromatic heterocycles. The van der Waals surface area contributed by atoms with Crippen LogP contribution in [0.3, 0.4) is 0 Å². The van der Waals surface area contributed by atoms with E-state index in [4.69, 9.17) is 4.52 Å². The zero-order chi connectivity index (χ0) is 17.3. The number of hydrogen-bond acceptors (Lipinski definition) is 4. The van der Waals surface area contributed by atoms with Crippen LogP contribution in [0.1, 0.15) is 37.7 Å². The van der Waals surface area contributed by atoms with E-state index in [1.807, 2.05) is 31.2 Å². The van der Waals surface area contributed by atoms with Crippen LogP contribution in [-0.4, -0.2) is 52.9 Å². The number of aryl methyl sites for hydroxylation is 3. The molecule has 2 aromatic rings. The molecule has 1 aromatic carbocycles. The number of aromatic nitrogens is 1. The molecule has 1 aliphatic heterocycles. The van der Waals surface area contributed by atoms with Crippen molar-refractivity contribution in [3.8, 4) is 0 Å². The van der Waals surface area contributed by atoms with Crippen LogP contribution in [0.25, 0.3) is 0 Å². The molecule has 2 heterocycles. The summed E-state index contributed by atoms with van der Waals surface area (Å²) in [5, 5.41) is 3.83. The molecular weight excluding hydrogens is 306 g/mol. The first-order valence-corrected chi connectivity index (χ1v) is 8.05. The summed E-state index contributed by atoms with van der Waals surface area (Å²) in [5.41, 5.74) is 2.96. The molecule has 3 rings (SSSR count). The summed E-state index contributed by atoms with van der Waals surface area (Å²) in [7, 11) is 0. The maximum absolute atomic E-state index is 12.6. The van der Waals surface area contributed by atoms with Crippen molar-refractivity contribution in [1.82, 2.24) is 15.0 Å². The summed E-state index contributed by atoms with van der Waals surface area (Å²) in [4.78, 5) is 28.7. The second-order valence-corrected chi connectivity index (χ2v) is 6.15. The summed E-state index contributed by atoms with van der Waals surface area (Å²) in [6, 6.07) is 7.56. The van der Waals surface area contributed by atoms with E-state index in [1.165, 1.54) is 0 Å². The molecule has 6 nitrogen and oxygen atoms in total. The number of carbonyl (C=O) groups excluding carboxylic acids is 2. The molecule has 1 aliphatic rings. The first-order valence-electron chi connectivity index (χ1n) is 8.05. The van der Waals surface area contributed by atoms with Crippen molar-refractivity contribution in [1.29, 1.82) is 0 Å². The molecule has 2 amide bonds. The second kappa shape index (κ2) is 6.47. The minimum atomic E-state index is -0.0753. The van der Waals surface area contributed by atoms with Crippen molar-refractivity contribution in [2.75, 3.05) is 26.2 Å². The van der Waals surface area contributed by atoms with Crippen molar-refractivity contribution in [2.45, 2.75) is 20.8 Å². The van der Waals surface area contributed by atoms with Crippen molar-refractivity contribution in [2.24, 2.45) is 0 Å². The van der Waals surface area contributed by atoms with Gasteiger partial charge in [0.1, 0.15) is 11.3 Å². The number of nitrogens with zero attached hydrogens (tertiary/aromatic N) is 3. The van der Waals surface area contributed by atoms with E-state index in [0.717, 1.165) is 5.56 Å². The fourth-order valence-electron chi connectivity index (χ4n) is 2.94. The summed E-state index contributed by atoms with van der Waals surface area (Å²) in [6.45, 7) is 7.59. The van der Waals surface area contributed by atoms with E-state index in [0.29, 0.717) is 48.8 Å². The van der Waals surface area contributed by atoms with Crippen LogP contribution in [0.5, 0.6) is 0 Å². The molecule has 1 saturated heterocycles. The molecule has 0 radical (unpaired) electrons. The third-order valence-electron chi connectivity index (χ3n) is 4.40. The van der Waals surface area contributed by atoms with Gasteiger partial charge in [0.05, 0.1) is 5.69 Å². The van der Waals surface area contributed by atoms with Crippen LogP contribution in [0, 0.1) is 20.8 Å². The predicted octanol–water partition coefficient (Wildman–Crippen LogP) is 2.20. The molecule has 1 fully saturated rings. The lowest BCUT2D eigenvalue weighted by atomic mass is 10.1. The van der Waals surface area contributed by atoms with Gasteiger partial charge in [-0.25, -0.2) is 0 Å². The lowest BCUT2D eigenvalue weighted by Gasteiger charge is -2.34. The SMILES string of the molecule is Cc1ccc(C(=O)N2CCN(C(=O)c3c(C)noc3C)CC2)cc1. The Morgan fingerprint density at radius 2 is 1.46 bits per heavy atom. The van der Waals surface area contributed by atoms with E-state index in [9.17, 15) is 9.59 Å². The second-order valence-electron chi connectivity index (χ2n) is 6.15. The molecule has 6 heteroatoms. The fourth-order valence-corrected chi connectivity index (χ4v) is 2.94. The van der Waals surface area contributed by atoms with Gasteiger partial charge in [0.25, 0.3) is 11.8 Å². The lowest BCUT2D eigenvalue weighted by Crippen LogP contribution is -2.50. The highest BCUT2D eigenvalue weighted by Gasteiger charge is 2.28. The van der Waals surface area contributed by atoms with Gasteiger partial charge in [-0.3, -0.25) is 9.59 Å². The van der Waals surface area contributed by atoms with Crippen molar-refractivity contribution in [3.63, 3.8) is 0 Å². The highest BCUT2D eigenvalue weighted by atomic mass is 16.5. The molecular formula is C18H21N3O3. The summed E-state index contributed by atoms with van der Waals surface area (Å²) in [5.74, 6) is 0.476. The highest BCUT2D eigenvalue weighted by Crippen LogP contribution is 2.17. The Hall–Kier alpha value is -2.63. The number of rotatable bonds is 2. The molecule has 126 valence electrons. The van der Waals surface area contributed by atoms with E-state index in [1.54, 1.807) is 23.6 Å². The van der Waals surface area contributed by atoms with Crippen molar-refractivity contribution < 1.29 is 14.1 Å². The first-order chi connectivity index (χ1) is 11.5. The third-order valence-corrected chi connectivity index (χ3v) is 4.40. The smallest absolute Gasteiger partial charge is 0.259 e. The Labute approximate surface area is 141 Å². The maximum Gasteiger partial charge on any atom is 0.259 e. The monoisotopic (exact) mass is 327 g/mol. The standard InChI is InChI=1S/C18H21N3O3/c1-12-4-6-15(7-5-12)17(22)20-8-10-21(11-9-20)18(23)16-13(2)19-24-14(16)3/h4-7H,8-11H2,1-3H3. The number of benzene rings is 1. The van der Waals surface area contributed by atoms with Gasteiger partial charge in [-0.2, -0.15) is 0 Å². The highest BCUT2D eigenvalue weighted by molar-refractivity contribution is 5.97. The van der Waals surface area contributed by atoms with Crippen LogP contribution < -0.4 is 0 Å². The zero-order valence-corrected chi connectivity index (χ0v) is 14.2. The van der Waals surface area contributed by atoms with Crippen molar-refractivity contribution >= 4 is 11.8 Å². The van der Waals surface area contributed by atoms with Crippen LogP contribution in [-0.2, 0) is 0 Å². The molecule has 24 heavy (non-hydrogen) atoms. The predicted molar refractivity (Wildman–Crippen MR) is 89.0 cm³/mol. The third kappa shape index (κ3) is 3.04. The van der Waals surface area contributed by atoms with Crippen LogP contribution in [0.15, 0.2) is 28.8 Å². The van der Waals surface area contributed by atoms with Gasteiger partial charge in [0.2, 0.25) is 0 Å². The topological polar surface area (TPSA) is 66.7 Å². The molecule has 0 aliphatic carbocycles. The van der Waals surface area contributed by atoms with Crippen LogP contribution in [0.4, 0.5) is 0 Å². The number of piperazine rings is 1. The average Bonchev–Trinajstić information content (AvgIpc) is 2.93. The summed E-state index contributed by atoms with van der Waals surface area (Å²) < 4.78 is 5.07. The minimum Gasteiger partial charge on any atom is -0.361 e. The van der Waals surface area contributed by atoms with Gasteiger partial charge < -0.3 is 14.3 Å². The van der Waals surface area contributed by atoms with Gasteiger partial charge in [-0.05, 0) is 32.9 Å². The minimum absolute atomic E-state index is 0.0134. The Kier molecular flexibility index (Phi) is 4.38. The molecule has 0 spiro atoms. The molecule has 0 bridgehead atoms. The number of carbonyl (C=O) groups is 2. The van der Waals surface area contributed by atoms with Gasteiger partial charge >= 0.3 is 0 Å². The quantitative estimate of drug-likeness (QED) is 0.848. The fraction of sp³-hybridized carbons (Fsp3) is 0.389. The lowest BCUT2D eigenvalue weighted by molar-refractivity contribution is 0.0534. The zero-order valence-electron chi connectivity index (χ0n) is 14.2. The molecule has 0 atom stereocenters. The Bertz CT molecular complexity index is 737. The van der Waals surface area contributed by atoms with E-state index in [-0.39, 0.29) is 11.8 Å². The molecule has 0 saturated carbocycles. The Morgan fingerprint density at radius 3 is 1.96 bits per heavy atom. The van der Waals surface area contributed by atoms with Crippen LogP contribution >= 0.6 is 0 Å². The summed E-state index contributed by atoms with van der Waals surface area (Å²) >= 11 is 0. The van der Waals surface area contributed by atoms with E-state index < -0.39 is 0 Å². The van der Waals surface area contributed by atoms with Gasteiger partial charge in [-0.1, -0.05) is 22.9 Å². The number of hydrogen-bond donors (Lipinski definition) is 0. The Balaban J connectivity index is 1.64.